The normalized spacial score (nSPS) is 11.6. The summed E-state index contributed by atoms with van der Waals surface area (Å²) in [5.41, 5.74) is 0.263. The summed E-state index contributed by atoms with van der Waals surface area (Å²) in [4.78, 5) is 25.9. The molecule has 0 N–H and O–H groups in total. The van der Waals surface area contributed by atoms with Crippen molar-refractivity contribution < 1.29 is 19.1 Å². The maximum atomic E-state index is 12.3. The molecule has 2 aromatic heterocycles. The van der Waals surface area contributed by atoms with Crippen molar-refractivity contribution in [1.82, 2.24) is 4.57 Å². The Hall–Kier alpha value is -1.52. The minimum atomic E-state index is -0.547. The predicted molar refractivity (Wildman–Crippen MR) is 80.8 cm³/mol. The van der Waals surface area contributed by atoms with Crippen LogP contribution in [0.4, 0.5) is 4.79 Å². The molecule has 6 heteroatoms. The molecule has 0 atom stereocenters. The Morgan fingerprint density at radius 2 is 2.05 bits per heavy atom. The van der Waals surface area contributed by atoms with Gasteiger partial charge in [-0.25, -0.2) is 0 Å². The van der Waals surface area contributed by atoms with Crippen molar-refractivity contribution in [2.45, 2.75) is 39.7 Å². The van der Waals surface area contributed by atoms with Gasteiger partial charge in [-0.2, -0.15) is 0 Å². The second kappa shape index (κ2) is 6.08. The summed E-state index contributed by atoms with van der Waals surface area (Å²) in [6.07, 6.45) is 1.47. The number of carbonyl (C=O) groups is 2. The average Bonchev–Trinajstić information content (AvgIpc) is 2.90. The van der Waals surface area contributed by atoms with E-state index in [0.29, 0.717) is 6.61 Å². The van der Waals surface area contributed by atoms with Crippen LogP contribution in [0.5, 0.6) is 0 Å². The van der Waals surface area contributed by atoms with E-state index in [4.69, 9.17) is 9.47 Å². The van der Waals surface area contributed by atoms with Gasteiger partial charge in [-0.3, -0.25) is 0 Å². The monoisotopic (exact) mass is 357 g/mol. The number of hydrogen-bond acceptors (Lipinski definition) is 4. The quantitative estimate of drug-likeness (QED) is 0.627. The molecule has 0 aliphatic rings. The van der Waals surface area contributed by atoms with Crippen molar-refractivity contribution in [3.63, 3.8) is 0 Å². The van der Waals surface area contributed by atoms with Crippen LogP contribution >= 0.6 is 0 Å². The van der Waals surface area contributed by atoms with Crippen molar-refractivity contribution in [2.75, 3.05) is 6.61 Å². The van der Waals surface area contributed by atoms with E-state index >= 15 is 0 Å². The zero-order chi connectivity index (χ0) is 15.6. The Labute approximate surface area is 129 Å². The molecule has 2 heterocycles. The molecule has 0 aliphatic carbocycles. The number of esters is 1. The number of fused-ring (bicyclic) bond motifs is 1. The van der Waals surface area contributed by atoms with Gasteiger partial charge in [0.15, 0.2) is 0 Å². The van der Waals surface area contributed by atoms with Crippen molar-refractivity contribution in [3.8, 4) is 0 Å². The third-order valence-corrected chi connectivity index (χ3v) is 4.64. The van der Waals surface area contributed by atoms with Crippen LogP contribution in [0.15, 0.2) is 17.2 Å². The Balaban J connectivity index is 2.31. The maximum absolute atomic E-state index is 12.3. The topological polar surface area (TPSA) is 57.5 Å². The standard InChI is InChI=1S/C15H19NO4Se/c1-5-19-12(17)8-10-9-16(13-11(10)6-7-21-13)14(18)20-15(2,3)4/h6-7,9H,5,8H2,1-4H3. The van der Waals surface area contributed by atoms with E-state index in [2.05, 4.69) is 0 Å². The van der Waals surface area contributed by atoms with Gasteiger partial charge in [0.25, 0.3) is 0 Å². The molecule has 0 spiro atoms. The third-order valence-electron chi connectivity index (χ3n) is 2.72. The van der Waals surface area contributed by atoms with E-state index in [9.17, 15) is 9.59 Å². The summed E-state index contributed by atoms with van der Waals surface area (Å²) in [6.45, 7) is 7.62. The van der Waals surface area contributed by atoms with Gasteiger partial charge in [0, 0.05) is 0 Å². The molecular weight excluding hydrogens is 337 g/mol. The first-order valence-electron chi connectivity index (χ1n) is 6.78. The molecule has 0 saturated heterocycles. The summed E-state index contributed by atoms with van der Waals surface area (Å²) in [6, 6.07) is 1.96. The van der Waals surface area contributed by atoms with Crippen molar-refractivity contribution in [3.05, 3.63) is 22.8 Å². The number of carbonyl (C=O) groups excluding carboxylic acids is 2. The van der Waals surface area contributed by atoms with Crippen LogP contribution in [-0.4, -0.2) is 43.3 Å². The van der Waals surface area contributed by atoms with Crippen LogP contribution in [0, 0.1) is 0 Å². The van der Waals surface area contributed by atoms with E-state index in [0.717, 1.165) is 15.3 Å². The molecule has 2 aromatic rings. The van der Waals surface area contributed by atoms with E-state index in [1.54, 1.807) is 13.1 Å². The van der Waals surface area contributed by atoms with Crippen LogP contribution in [0.2, 0.25) is 0 Å². The summed E-state index contributed by atoms with van der Waals surface area (Å²) in [7, 11) is 0. The zero-order valence-corrected chi connectivity index (χ0v) is 14.3. The summed E-state index contributed by atoms with van der Waals surface area (Å²) in [5.74, 6) is -0.283. The zero-order valence-electron chi connectivity index (χ0n) is 12.6. The molecular formula is C15H19NO4Se. The van der Waals surface area contributed by atoms with Crippen molar-refractivity contribution in [1.29, 1.82) is 0 Å². The first-order chi connectivity index (χ1) is 9.81. The van der Waals surface area contributed by atoms with Crippen LogP contribution in [-0.2, 0) is 20.7 Å². The second-order valence-electron chi connectivity index (χ2n) is 5.63. The van der Waals surface area contributed by atoms with Crippen molar-refractivity contribution >= 4 is 36.3 Å². The fourth-order valence-electron chi connectivity index (χ4n) is 1.97. The molecule has 2 rings (SSSR count). The van der Waals surface area contributed by atoms with Gasteiger partial charge >= 0.3 is 129 Å². The Bertz CT molecular complexity index is 663. The summed E-state index contributed by atoms with van der Waals surface area (Å²) < 4.78 is 12.8. The number of aromatic nitrogens is 1. The summed E-state index contributed by atoms with van der Waals surface area (Å²) in [5, 5.41) is 0.953. The Kier molecular flexibility index (Phi) is 4.59. The molecule has 0 aromatic carbocycles. The van der Waals surface area contributed by atoms with Crippen LogP contribution in [0.1, 0.15) is 33.3 Å². The molecule has 0 saturated carbocycles. The van der Waals surface area contributed by atoms with Gasteiger partial charge in [0.2, 0.25) is 0 Å². The van der Waals surface area contributed by atoms with E-state index in [1.807, 2.05) is 31.8 Å². The van der Waals surface area contributed by atoms with Gasteiger partial charge in [-0.1, -0.05) is 0 Å². The molecule has 0 bridgehead atoms. The van der Waals surface area contributed by atoms with Gasteiger partial charge in [-0.15, -0.1) is 0 Å². The minimum absolute atomic E-state index is 0.0825. The fourth-order valence-corrected chi connectivity index (χ4v) is 3.86. The first kappa shape index (κ1) is 15.9. The molecule has 0 radical (unpaired) electrons. The molecule has 0 fully saturated rings. The predicted octanol–water partition coefficient (Wildman–Crippen LogP) is 2.59. The molecule has 0 amide bonds. The average molecular weight is 356 g/mol. The van der Waals surface area contributed by atoms with Gasteiger partial charge in [0.1, 0.15) is 0 Å². The number of hydrogen-bond donors (Lipinski definition) is 0. The number of rotatable bonds is 3. The van der Waals surface area contributed by atoms with Crippen LogP contribution in [0.25, 0.3) is 9.78 Å². The van der Waals surface area contributed by atoms with E-state index in [-0.39, 0.29) is 26.9 Å². The molecule has 5 nitrogen and oxygen atoms in total. The Morgan fingerprint density at radius 3 is 2.67 bits per heavy atom. The van der Waals surface area contributed by atoms with Crippen LogP contribution in [0.3, 0.4) is 0 Å². The van der Waals surface area contributed by atoms with Crippen molar-refractivity contribution in [2.24, 2.45) is 0 Å². The van der Waals surface area contributed by atoms with Gasteiger partial charge in [-0.05, 0) is 0 Å². The third kappa shape index (κ3) is 3.77. The SMILES string of the molecule is CCOC(=O)Cc1cn(C(=O)OC(C)(C)C)c2[se]ccc12. The number of ether oxygens (including phenoxy) is 2. The van der Waals surface area contributed by atoms with E-state index < -0.39 is 11.7 Å². The Morgan fingerprint density at radius 1 is 1.33 bits per heavy atom. The molecule has 0 aliphatic heterocycles. The molecule has 114 valence electrons. The van der Waals surface area contributed by atoms with Gasteiger partial charge < -0.3 is 0 Å². The first-order valence-corrected chi connectivity index (χ1v) is 8.63. The van der Waals surface area contributed by atoms with Gasteiger partial charge in [0.05, 0.1) is 0 Å². The molecule has 21 heavy (non-hydrogen) atoms. The summed E-state index contributed by atoms with van der Waals surface area (Å²) >= 11 is 0.0825. The fraction of sp³-hybridized carbons (Fsp3) is 0.467. The van der Waals surface area contributed by atoms with Crippen LogP contribution < -0.4 is 0 Å². The van der Waals surface area contributed by atoms with E-state index in [1.165, 1.54) is 4.57 Å². The second-order valence-corrected chi connectivity index (χ2v) is 7.50. The molecule has 0 unspecified atom stereocenters. The number of nitrogens with zero attached hydrogens (tertiary/aromatic N) is 1.